The third-order valence-corrected chi connectivity index (χ3v) is 3.98. The number of piperazine rings is 1. The van der Waals surface area contributed by atoms with Crippen molar-refractivity contribution >= 4 is 17.8 Å². The van der Waals surface area contributed by atoms with Gasteiger partial charge in [-0.15, -0.1) is 0 Å². The van der Waals surface area contributed by atoms with Gasteiger partial charge in [-0.3, -0.25) is 9.59 Å². The minimum atomic E-state index is -0.370. The molecule has 0 saturated carbocycles. The van der Waals surface area contributed by atoms with Crippen molar-refractivity contribution in [1.29, 1.82) is 0 Å². The molecule has 2 aliphatic heterocycles. The predicted molar refractivity (Wildman–Crippen MR) is 76.6 cm³/mol. The van der Waals surface area contributed by atoms with Crippen LogP contribution in [-0.4, -0.2) is 70.9 Å². The van der Waals surface area contributed by atoms with Crippen molar-refractivity contribution in [3.05, 3.63) is 18.5 Å². The number of hydrogen-bond donors (Lipinski definition) is 0. The van der Waals surface area contributed by atoms with Crippen LogP contribution in [0.4, 0.5) is 5.95 Å². The zero-order valence-corrected chi connectivity index (χ0v) is 11.9. The van der Waals surface area contributed by atoms with Gasteiger partial charge < -0.3 is 14.7 Å². The van der Waals surface area contributed by atoms with Gasteiger partial charge >= 0.3 is 11.8 Å². The number of rotatable bonds is 1. The minimum absolute atomic E-state index is 0.350. The van der Waals surface area contributed by atoms with Crippen LogP contribution in [0.15, 0.2) is 18.5 Å². The molecule has 1 aromatic rings. The Labute approximate surface area is 123 Å². The molecule has 0 radical (unpaired) electrons. The molecule has 0 aromatic carbocycles. The monoisotopic (exact) mass is 289 g/mol. The fraction of sp³-hybridized carbons (Fsp3) is 0.571. The molecule has 7 heteroatoms. The largest absolute Gasteiger partial charge is 0.337 e. The SMILES string of the molecule is O=C(C(=O)N1CCN(c2ncccn2)CC1)N1CCCC1. The summed E-state index contributed by atoms with van der Waals surface area (Å²) in [7, 11) is 0. The van der Waals surface area contributed by atoms with Gasteiger partial charge in [-0.05, 0) is 18.9 Å². The topological polar surface area (TPSA) is 69.6 Å². The van der Waals surface area contributed by atoms with Crippen molar-refractivity contribution < 1.29 is 9.59 Å². The van der Waals surface area contributed by atoms with Crippen LogP contribution in [0.25, 0.3) is 0 Å². The predicted octanol–water partition coefficient (Wildman–Crippen LogP) is -0.252. The van der Waals surface area contributed by atoms with E-state index in [1.54, 1.807) is 28.3 Å². The number of likely N-dealkylation sites (tertiary alicyclic amines) is 1. The molecule has 3 heterocycles. The van der Waals surface area contributed by atoms with Gasteiger partial charge in [-0.2, -0.15) is 0 Å². The van der Waals surface area contributed by atoms with Gasteiger partial charge in [0.05, 0.1) is 0 Å². The third-order valence-electron chi connectivity index (χ3n) is 3.98. The average Bonchev–Trinajstić information content (AvgIpc) is 3.09. The van der Waals surface area contributed by atoms with Crippen LogP contribution >= 0.6 is 0 Å². The van der Waals surface area contributed by atoms with Crippen LogP contribution in [0.1, 0.15) is 12.8 Å². The maximum absolute atomic E-state index is 12.2. The van der Waals surface area contributed by atoms with Crippen molar-refractivity contribution in [1.82, 2.24) is 19.8 Å². The number of carbonyl (C=O) groups excluding carboxylic acids is 2. The van der Waals surface area contributed by atoms with E-state index >= 15 is 0 Å². The van der Waals surface area contributed by atoms with Crippen LogP contribution in [-0.2, 0) is 9.59 Å². The Balaban J connectivity index is 1.55. The van der Waals surface area contributed by atoms with Gasteiger partial charge in [-0.1, -0.05) is 0 Å². The molecule has 1 aromatic heterocycles. The number of amides is 2. The molecule has 2 aliphatic rings. The number of hydrogen-bond acceptors (Lipinski definition) is 5. The highest BCUT2D eigenvalue weighted by Crippen LogP contribution is 2.12. The first kappa shape index (κ1) is 13.8. The van der Waals surface area contributed by atoms with Crippen molar-refractivity contribution in [2.24, 2.45) is 0 Å². The van der Waals surface area contributed by atoms with Crippen LogP contribution in [0, 0.1) is 0 Å². The highest BCUT2D eigenvalue weighted by molar-refractivity contribution is 6.35. The first-order valence-corrected chi connectivity index (χ1v) is 7.36. The van der Waals surface area contributed by atoms with E-state index in [1.807, 2.05) is 4.90 Å². The average molecular weight is 289 g/mol. The molecule has 0 aliphatic carbocycles. The van der Waals surface area contributed by atoms with E-state index in [9.17, 15) is 9.59 Å². The maximum atomic E-state index is 12.2. The number of aromatic nitrogens is 2. The van der Waals surface area contributed by atoms with E-state index in [1.165, 1.54) is 0 Å². The van der Waals surface area contributed by atoms with Gasteiger partial charge in [0.15, 0.2) is 0 Å². The van der Waals surface area contributed by atoms with Crippen molar-refractivity contribution in [3.8, 4) is 0 Å². The summed E-state index contributed by atoms with van der Waals surface area (Å²) in [6.45, 7) is 3.81. The van der Waals surface area contributed by atoms with Crippen molar-refractivity contribution in [3.63, 3.8) is 0 Å². The van der Waals surface area contributed by atoms with Crippen molar-refractivity contribution in [2.75, 3.05) is 44.2 Å². The first-order valence-electron chi connectivity index (χ1n) is 7.36. The smallest absolute Gasteiger partial charge is 0.312 e. The summed E-state index contributed by atoms with van der Waals surface area (Å²) in [4.78, 5) is 38.1. The molecule has 2 amide bonds. The molecule has 2 saturated heterocycles. The van der Waals surface area contributed by atoms with Crippen LogP contribution in [0.2, 0.25) is 0 Å². The van der Waals surface area contributed by atoms with E-state index in [4.69, 9.17) is 0 Å². The summed E-state index contributed by atoms with van der Waals surface area (Å²) in [5, 5.41) is 0. The molecule has 112 valence electrons. The van der Waals surface area contributed by atoms with Gasteiger partial charge in [0, 0.05) is 51.7 Å². The van der Waals surface area contributed by atoms with E-state index in [0.29, 0.717) is 45.2 Å². The summed E-state index contributed by atoms with van der Waals surface area (Å²) in [6, 6.07) is 1.78. The Morgan fingerprint density at radius 1 is 0.810 bits per heavy atom. The van der Waals surface area contributed by atoms with E-state index in [0.717, 1.165) is 12.8 Å². The lowest BCUT2D eigenvalue weighted by molar-refractivity contribution is -0.151. The van der Waals surface area contributed by atoms with Crippen molar-refractivity contribution in [2.45, 2.75) is 12.8 Å². The molecule has 0 N–H and O–H groups in total. The molecule has 2 fully saturated rings. The standard InChI is InChI=1S/C14H19N5O2/c20-12(17-6-1-2-7-17)13(21)18-8-10-19(11-9-18)14-15-4-3-5-16-14/h3-5H,1-2,6-11H2. The maximum Gasteiger partial charge on any atom is 0.312 e. The van der Waals surface area contributed by atoms with E-state index in [-0.39, 0.29) is 11.8 Å². The summed E-state index contributed by atoms with van der Waals surface area (Å²) in [5.74, 6) is -0.0436. The molecule has 3 rings (SSSR count). The van der Waals surface area contributed by atoms with Crippen LogP contribution < -0.4 is 4.90 Å². The highest BCUT2D eigenvalue weighted by Gasteiger charge is 2.31. The molecule has 0 spiro atoms. The Hall–Kier alpha value is -2.18. The fourth-order valence-electron chi connectivity index (χ4n) is 2.75. The molecule has 0 atom stereocenters. The summed E-state index contributed by atoms with van der Waals surface area (Å²) in [6.07, 6.45) is 5.41. The Morgan fingerprint density at radius 2 is 1.33 bits per heavy atom. The fourth-order valence-corrected chi connectivity index (χ4v) is 2.75. The molecule has 7 nitrogen and oxygen atoms in total. The second-order valence-electron chi connectivity index (χ2n) is 5.33. The van der Waals surface area contributed by atoms with Gasteiger partial charge in [0.2, 0.25) is 5.95 Å². The quantitative estimate of drug-likeness (QED) is 0.667. The molecule has 0 bridgehead atoms. The van der Waals surface area contributed by atoms with Crippen LogP contribution in [0.3, 0.4) is 0 Å². The third kappa shape index (κ3) is 2.96. The lowest BCUT2D eigenvalue weighted by Crippen LogP contribution is -2.53. The second-order valence-corrected chi connectivity index (χ2v) is 5.33. The number of nitrogens with zero attached hydrogens (tertiary/aromatic N) is 5. The summed E-state index contributed by atoms with van der Waals surface area (Å²) >= 11 is 0. The van der Waals surface area contributed by atoms with Gasteiger partial charge in [0.1, 0.15) is 0 Å². The number of carbonyl (C=O) groups is 2. The molecular formula is C14H19N5O2. The van der Waals surface area contributed by atoms with Gasteiger partial charge in [-0.25, -0.2) is 9.97 Å². The summed E-state index contributed by atoms with van der Waals surface area (Å²) in [5.41, 5.74) is 0. The Morgan fingerprint density at radius 3 is 1.90 bits per heavy atom. The Kier molecular flexibility index (Phi) is 3.98. The normalized spacial score (nSPS) is 19.0. The summed E-state index contributed by atoms with van der Waals surface area (Å²) < 4.78 is 0. The lowest BCUT2D eigenvalue weighted by atomic mass is 10.3. The number of anilines is 1. The zero-order chi connectivity index (χ0) is 14.7. The Bertz CT molecular complexity index is 507. The van der Waals surface area contributed by atoms with E-state index in [2.05, 4.69) is 9.97 Å². The molecule has 21 heavy (non-hydrogen) atoms. The van der Waals surface area contributed by atoms with Gasteiger partial charge in [0.25, 0.3) is 0 Å². The lowest BCUT2D eigenvalue weighted by Gasteiger charge is -2.34. The highest BCUT2D eigenvalue weighted by atomic mass is 16.2. The van der Waals surface area contributed by atoms with E-state index < -0.39 is 0 Å². The minimum Gasteiger partial charge on any atom is -0.337 e. The molecule has 0 unspecified atom stereocenters. The second kappa shape index (κ2) is 6.07. The first-order chi connectivity index (χ1) is 10.3. The zero-order valence-electron chi connectivity index (χ0n) is 11.9. The molecular weight excluding hydrogens is 270 g/mol. The van der Waals surface area contributed by atoms with Crippen LogP contribution in [0.5, 0.6) is 0 Å².